The number of hydrogen-bond acceptors (Lipinski definition) is 7. The van der Waals surface area contributed by atoms with E-state index in [1.807, 2.05) is 18.2 Å². The van der Waals surface area contributed by atoms with Gasteiger partial charge >= 0.3 is 0 Å². The zero-order valence-electron chi connectivity index (χ0n) is 19.0. The smallest absolute Gasteiger partial charge is 0.233 e. The van der Waals surface area contributed by atoms with Crippen LogP contribution in [0.3, 0.4) is 0 Å². The van der Waals surface area contributed by atoms with Crippen molar-refractivity contribution in [2.24, 2.45) is 0 Å². The topological polar surface area (TPSA) is 85.8 Å². The molecule has 4 rings (SSSR count). The van der Waals surface area contributed by atoms with Crippen LogP contribution in [0.1, 0.15) is 32.3 Å². The minimum Gasteiger partial charge on any atom is -0.497 e. The molecule has 1 atom stereocenters. The lowest BCUT2D eigenvalue weighted by atomic mass is 10.1. The molecule has 0 bridgehead atoms. The molecule has 1 aliphatic heterocycles. The number of sulfone groups is 1. The molecule has 1 saturated heterocycles. The number of hydrogen-bond donors (Lipinski definition) is 0. The molecular formula is C24H28N2O5S2. The SMILES string of the molecule is COc1ccc2sc(N(CC3CCCO3)C(=O)Cc3ccc(S(=O)(=O)C(C)C)cc3)nc2c1. The van der Waals surface area contributed by atoms with E-state index in [-0.39, 0.29) is 23.3 Å². The van der Waals surface area contributed by atoms with Gasteiger partial charge in [-0.2, -0.15) is 0 Å². The van der Waals surface area contributed by atoms with E-state index in [1.165, 1.54) is 11.3 Å². The molecule has 1 unspecified atom stereocenters. The number of benzene rings is 2. The van der Waals surface area contributed by atoms with E-state index < -0.39 is 15.1 Å². The van der Waals surface area contributed by atoms with Crippen molar-refractivity contribution in [3.63, 3.8) is 0 Å². The van der Waals surface area contributed by atoms with E-state index in [0.717, 1.165) is 28.6 Å². The third kappa shape index (κ3) is 5.20. The molecule has 9 heteroatoms. The number of amides is 1. The summed E-state index contributed by atoms with van der Waals surface area (Å²) in [6.07, 6.45) is 2.02. The highest BCUT2D eigenvalue weighted by Gasteiger charge is 2.27. The number of carbonyl (C=O) groups is 1. The molecule has 1 amide bonds. The van der Waals surface area contributed by atoms with E-state index >= 15 is 0 Å². The van der Waals surface area contributed by atoms with Gasteiger partial charge < -0.3 is 9.47 Å². The second-order valence-electron chi connectivity index (χ2n) is 8.38. The number of fused-ring (bicyclic) bond motifs is 1. The summed E-state index contributed by atoms with van der Waals surface area (Å²) in [6.45, 7) is 4.46. The molecule has 2 aromatic carbocycles. The van der Waals surface area contributed by atoms with Crippen LogP contribution in [0.5, 0.6) is 5.75 Å². The van der Waals surface area contributed by atoms with Crippen LogP contribution < -0.4 is 9.64 Å². The summed E-state index contributed by atoms with van der Waals surface area (Å²) in [6, 6.07) is 12.2. The number of methoxy groups -OCH3 is 1. The highest BCUT2D eigenvalue weighted by Crippen LogP contribution is 2.32. The molecule has 33 heavy (non-hydrogen) atoms. The van der Waals surface area contributed by atoms with Gasteiger partial charge in [-0.15, -0.1) is 0 Å². The Kier molecular flexibility index (Phi) is 7.02. The van der Waals surface area contributed by atoms with E-state index in [1.54, 1.807) is 50.1 Å². The molecule has 0 N–H and O–H groups in total. The predicted molar refractivity (Wildman–Crippen MR) is 130 cm³/mol. The number of ether oxygens (including phenoxy) is 2. The second kappa shape index (κ2) is 9.79. The largest absolute Gasteiger partial charge is 0.497 e. The van der Waals surface area contributed by atoms with Gasteiger partial charge in [-0.05, 0) is 56.5 Å². The van der Waals surface area contributed by atoms with Gasteiger partial charge in [0.15, 0.2) is 15.0 Å². The molecule has 3 aromatic rings. The van der Waals surface area contributed by atoms with Crippen molar-refractivity contribution >= 4 is 42.4 Å². The normalized spacial score (nSPS) is 16.4. The standard InChI is InChI=1S/C24H28N2O5S2/c1-16(2)33(28,29)20-9-6-17(7-10-20)13-23(27)26(15-19-5-4-12-31-19)24-25-21-14-18(30-3)8-11-22(21)32-24/h6-11,14,16,19H,4-5,12-13,15H2,1-3H3. The maximum atomic E-state index is 13.4. The minimum atomic E-state index is -3.35. The Morgan fingerprint density at radius 2 is 2.00 bits per heavy atom. The van der Waals surface area contributed by atoms with E-state index in [4.69, 9.17) is 14.5 Å². The number of aromatic nitrogens is 1. The van der Waals surface area contributed by atoms with Gasteiger partial charge in [0.1, 0.15) is 5.75 Å². The van der Waals surface area contributed by atoms with E-state index in [0.29, 0.717) is 24.0 Å². The average molecular weight is 489 g/mol. The highest BCUT2D eigenvalue weighted by molar-refractivity contribution is 7.92. The zero-order chi connectivity index (χ0) is 23.6. The molecule has 0 spiro atoms. The number of nitrogens with zero attached hydrogens (tertiary/aromatic N) is 2. The fraction of sp³-hybridized carbons (Fsp3) is 0.417. The van der Waals surface area contributed by atoms with Gasteiger partial charge in [0.25, 0.3) is 0 Å². The van der Waals surface area contributed by atoms with Crippen LogP contribution in [0, 0.1) is 0 Å². The fourth-order valence-corrected chi connectivity index (χ4v) is 5.79. The summed E-state index contributed by atoms with van der Waals surface area (Å²) in [5, 5.41) is 0.127. The van der Waals surface area contributed by atoms with Crippen LogP contribution in [-0.4, -0.2) is 50.9 Å². The van der Waals surface area contributed by atoms with Crippen molar-refractivity contribution < 1.29 is 22.7 Å². The number of thiazole rings is 1. The van der Waals surface area contributed by atoms with Crippen molar-refractivity contribution in [3.8, 4) is 5.75 Å². The molecule has 1 aromatic heterocycles. The first-order valence-corrected chi connectivity index (χ1v) is 13.3. The van der Waals surface area contributed by atoms with E-state index in [2.05, 4.69) is 0 Å². The van der Waals surface area contributed by atoms with E-state index in [9.17, 15) is 13.2 Å². The molecular weight excluding hydrogens is 460 g/mol. The second-order valence-corrected chi connectivity index (χ2v) is 11.9. The molecule has 0 saturated carbocycles. The van der Waals surface area contributed by atoms with Crippen molar-refractivity contribution in [1.29, 1.82) is 0 Å². The molecule has 176 valence electrons. The predicted octanol–water partition coefficient (Wildman–Crippen LogP) is 4.24. The Bertz CT molecular complexity index is 1230. The van der Waals surface area contributed by atoms with Crippen LogP contribution in [0.15, 0.2) is 47.4 Å². The van der Waals surface area contributed by atoms with Crippen molar-refractivity contribution in [2.45, 2.75) is 49.4 Å². The summed E-state index contributed by atoms with van der Waals surface area (Å²) in [4.78, 5) is 20.1. The van der Waals surface area contributed by atoms with Crippen LogP contribution >= 0.6 is 11.3 Å². The molecule has 2 heterocycles. The first kappa shape index (κ1) is 23.7. The molecule has 1 aliphatic rings. The zero-order valence-corrected chi connectivity index (χ0v) is 20.6. The summed E-state index contributed by atoms with van der Waals surface area (Å²) >= 11 is 1.46. The van der Waals surface area contributed by atoms with Gasteiger partial charge in [-0.25, -0.2) is 13.4 Å². The molecule has 0 aliphatic carbocycles. The quantitative estimate of drug-likeness (QED) is 0.471. The number of anilines is 1. The Morgan fingerprint density at radius 1 is 1.24 bits per heavy atom. The minimum absolute atomic E-state index is 0.0194. The third-order valence-corrected chi connectivity index (χ3v) is 8.98. The van der Waals surface area contributed by atoms with Crippen molar-refractivity contribution in [1.82, 2.24) is 4.98 Å². The van der Waals surface area contributed by atoms with Crippen molar-refractivity contribution in [2.75, 3.05) is 25.2 Å². The number of rotatable bonds is 8. The lowest BCUT2D eigenvalue weighted by molar-refractivity contribution is -0.118. The maximum Gasteiger partial charge on any atom is 0.233 e. The van der Waals surface area contributed by atoms with Gasteiger partial charge in [-0.3, -0.25) is 9.69 Å². The Labute approximate surface area is 198 Å². The Morgan fingerprint density at radius 3 is 2.64 bits per heavy atom. The number of carbonyl (C=O) groups excluding carboxylic acids is 1. The molecule has 7 nitrogen and oxygen atoms in total. The summed E-state index contributed by atoms with van der Waals surface area (Å²) < 4.78 is 36.8. The highest BCUT2D eigenvalue weighted by atomic mass is 32.2. The average Bonchev–Trinajstić information content (AvgIpc) is 3.46. The van der Waals surface area contributed by atoms with Gasteiger partial charge in [-0.1, -0.05) is 23.5 Å². The lowest BCUT2D eigenvalue weighted by Gasteiger charge is -2.23. The van der Waals surface area contributed by atoms with Crippen LogP contribution in [-0.2, 0) is 25.8 Å². The molecule has 1 fully saturated rings. The maximum absolute atomic E-state index is 13.4. The first-order chi connectivity index (χ1) is 15.8. The van der Waals surface area contributed by atoms with Gasteiger partial charge in [0, 0.05) is 12.7 Å². The van der Waals surface area contributed by atoms with Gasteiger partial charge in [0.05, 0.1) is 46.5 Å². The fourth-order valence-electron chi connectivity index (χ4n) is 3.76. The van der Waals surface area contributed by atoms with Gasteiger partial charge in [0.2, 0.25) is 5.91 Å². The summed E-state index contributed by atoms with van der Waals surface area (Å²) in [7, 11) is -1.74. The lowest BCUT2D eigenvalue weighted by Crippen LogP contribution is -2.38. The third-order valence-electron chi connectivity index (χ3n) is 5.75. The van der Waals surface area contributed by atoms with Crippen LogP contribution in [0.2, 0.25) is 0 Å². The van der Waals surface area contributed by atoms with Crippen LogP contribution in [0.25, 0.3) is 10.2 Å². The van der Waals surface area contributed by atoms with Crippen LogP contribution in [0.4, 0.5) is 5.13 Å². The Balaban J connectivity index is 1.58. The van der Waals surface area contributed by atoms with Crippen molar-refractivity contribution in [3.05, 3.63) is 48.0 Å². The summed E-state index contributed by atoms with van der Waals surface area (Å²) in [5.41, 5.74) is 1.53. The monoisotopic (exact) mass is 488 g/mol. The molecule has 0 radical (unpaired) electrons. The Hall–Kier alpha value is -2.49. The summed E-state index contributed by atoms with van der Waals surface area (Å²) in [5.74, 6) is 0.615. The first-order valence-electron chi connectivity index (χ1n) is 11.0.